The van der Waals surface area contributed by atoms with E-state index in [4.69, 9.17) is 23.2 Å². The molecular weight excluding hydrogens is 299 g/mol. The molecule has 0 N–H and O–H groups in total. The Morgan fingerprint density at radius 1 is 0.571 bits per heavy atom. The minimum Gasteiger partial charge on any atom is -0.0827 e. The molecule has 3 rings (SSSR count). The van der Waals surface area contributed by atoms with Crippen molar-refractivity contribution in [3.63, 3.8) is 0 Å². The smallest absolute Gasteiger partial charge is 0.0633 e. The Morgan fingerprint density at radius 3 is 1.62 bits per heavy atom. The van der Waals surface area contributed by atoms with Crippen LogP contribution < -0.4 is 0 Å². The van der Waals surface area contributed by atoms with Crippen molar-refractivity contribution in [3.8, 4) is 0 Å². The Balaban J connectivity index is 2.20. The van der Waals surface area contributed by atoms with Gasteiger partial charge >= 0.3 is 0 Å². The third kappa shape index (κ3) is 2.97. The summed E-state index contributed by atoms with van der Waals surface area (Å²) in [4.78, 5) is 0. The van der Waals surface area contributed by atoms with Crippen LogP contribution in [0.2, 0.25) is 10.0 Å². The number of hydrogen-bond donors (Lipinski definition) is 0. The molecule has 0 fully saturated rings. The fourth-order valence-corrected chi connectivity index (χ4v) is 3.00. The van der Waals surface area contributed by atoms with Crippen molar-refractivity contribution in [1.29, 1.82) is 0 Å². The largest absolute Gasteiger partial charge is 0.0827 e. The highest BCUT2D eigenvalue weighted by Gasteiger charge is 2.19. The van der Waals surface area contributed by atoms with Crippen molar-refractivity contribution in [2.24, 2.45) is 0 Å². The standard InChI is InChI=1S/C19H14Cl2/c20-17-13-7-12-16(19(17)21)18(14-8-3-1-4-9-14)15-10-5-2-6-11-15/h1-13,18H. The lowest BCUT2D eigenvalue weighted by Crippen LogP contribution is -2.04. The first-order valence-electron chi connectivity index (χ1n) is 6.81. The molecule has 0 unspecified atom stereocenters. The van der Waals surface area contributed by atoms with Gasteiger partial charge in [0.1, 0.15) is 0 Å². The lowest BCUT2D eigenvalue weighted by Gasteiger charge is -2.20. The Hall–Kier alpha value is -1.76. The lowest BCUT2D eigenvalue weighted by atomic mass is 9.85. The molecular formula is C19H14Cl2. The van der Waals surface area contributed by atoms with Gasteiger partial charge in [0.25, 0.3) is 0 Å². The number of halogens is 2. The van der Waals surface area contributed by atoms with E-state index in [1.807, 2.05) is 54.6 Å². The molecule has 0 nitrogen and oxygen atoms in total. The summed E-state index contributed by atoms with van der Waals surface area (Å²) in [5, 5.41) is 1.21. The molecule has 0 aromatic heterocycles. The maximum atomic E-state index is 6.46. The molecule has 3 aromatic rings. The second-order valence-electron chi connectivity index (χ2n) is 4.90. The molecule has 0 spiro atoms. The van der Waals surface area contributed by atoms with Crippen molar-refractivity contribution >= 4 is 23.2 Å². The zero-order valence-electron chi connectivity index (χ0n) is 11.3. The molecule has 0 atom stereocenters. The van der Waals surface area contributed by atoms with E-state index in [1.165, 1.54) is 11.1 Å². The summed E-state index contributed by atoms with van der Waals surface area (Å²) in [5.41, 5.74) is 3.43. The van der Waals surface area contributed by atoms with Crippen LogP contribution in [-0.4, -0.2) is 0 Å². The summed E-state index contributed by atoms with van der Waals surface area (Å²) in [6, 6.07) is 26.5. The first-order chi connectivity index (χ1) is 10.3. The molecule has 0 heterocycles. The van der Waals surface area contributed by atoms with Crippen LogP contribution in [0.5, 0.6) is 0 Å². The van der Waals surface area contributed by atoms with Gasteiger partial charge in [0, 0.05) is 5.92 Å². The quantitative estimate of drug-likeness (QED) is 0.507. The van der Waals surface area contributed by atoms with Crippen molar-refractivity contribution in [1.82, 2.24) is 0 Å². The van der Waals surface area contributed by atoms with Gasteiger partial charge in [0.15, 0.2) is 0 Å². The van der Waals surface area contributed by atoms with Gasteiger partial charge in [-0.3, -0.25) is 0 Å². The van der Waals surface area contributed by atoms with E-state index < -0.39 is 0 Å². The highest BCUT2D eigenvalue weighted by molar-refractivity contribution is 6.42. The summed E-state index contributed by atoms with van der Waals surface area (Å²) in [5.74, 6) is 0.0820. The average molecular weight is 313 g/mol. The maximum absolute atomic E-state index is 6.46. The van der Waals surface area contributed by atoms with Crippen LogP contribution in [0.1, 0.15) is 22.6 Å². The van der Waals surface area contributed by atoms with Gasteiger partial charge in [0.05, 0.1) is 10.0 Å². The Morgan fingerprint density at radius 2 is 1.10 bits per heavy atom. The van der Waals surface area contributed by atoms with E-state index >= 15 is 0 Å². The molecule has 0 amide bonds. The molecule has 0 saturated heterocycles. The normalized spacial score (nSPS) is 10.8. The zero-order chi connectivity index (χ0) is 14.7. The van der Waals surface area contributed by atoms with Gasteiger partial charge in [-0.1, -0.05) is 96.0 Å². The van der Waals surface area contributed by atoms with Gasteiger partial charge in [-0.25, -0.2) is 0 Å². The van der Waals surface area contributed by atoms with Crippen LogP contribution in [0, 0.1) is 0 Å². The monoisotopic (exact) mass is 312 g/mol. The molecule has 0 radical (unpaired) electrons. The van der Waals surface area contributed by atoms with Crippen LogP contribution >= 0.6 is 23.2 Å². The van der Waals surface area contributed by atoms with E-state index in [0.717, 1.165) is 5.56 Å². The summed E-state index contributed by atoms with van der Waals surface area (Å²) < 4.78 is 0. The highest BCUT2D eigenvalue weighted by atomic mass is 35.5. The molecule has 0 aliphatic rings. The maximum Gasteiger partial charge on any atom is 0.0633 e. The average Bonchev–Trinajstić information content (AvgIpc) is 2.54. The third-order valence-electron chi connectivity index (χ3n) is 3.56. The van der Waals surface area contributed by atoms with Gasteiger partial charge < -0.3 is 0 Å². The van der Waals surface area contributed by atoms with Gasteiger partial charge in [-0.05, 0) is 22.8 Å². The first kappa shape index (κ1) is 14.2. The van der Waals surface area contributed by atoms with Crippen molar-refractivity contribution in [2.75, 3.05) is 0 Å². The van der Waals surface area contributed by atoms with Gasteiger partial charge in [-0.2, -0.15) is 0 Å². The second-order valence-corrected chi connectivity index (χ2v) is 5.68. The summed E-state index contributed by atoms with van der Waals surface area (Å²) in [6.45, 7) is 0. The number of benzene rings is 3. The predicted octanol–water partition coefficient (Wildman–Crippen LogP) is 6.17. The minimum absolute atomic E-state index is 0.0820. The fraction of sp³-hybridized carbons (Fsp3) is 0.0526. The Bertz CT molecular complexity index is 682. The van der Waals surface area contributed by atoms with Crippen LogP contribution in [0.4, 0.5) is 0 Å². The zero-order valence-corrected chi connectivity index (χ0v) is 12.9. The molecule has 104 valence electrons. The highest BCUT2D eigenvalue weighted by Crippen LogP contribution is 2.38. The second kappa shape index (κ2) is 6.34. The molecule has 2 heteroatoms. The van der Waals surface area contributed by atoms with Crippen LogP contribution in [0.3, 0.4) is 0 Å². The van der Waals surface area contributed by atoms with E-state index in [9.17, 15) is 0 Å². The number of hydrogen-bond acceptors (Lipinski definition) is 0. The Kier molecular flexibility index (Phi) is 4.28. The molecule has 3 aromatic carbocycles. The minimum atomic E-state index is 0.0820. The Labute approximate surface area is 135 Å². The molecule has 0 aliphatic heterocycles. The third-order valence-corrected chi connectivity index (χ3v) is 4.39. The lowest BCUT2D eigenvalue weighted by molar-refractivity contribution is 0.978. The first-order valence-corrected chi connectivity index (χ1v) is 7.57. The predicted molar refractivity (Wildman–Crippen MR) is 90.3 cm³/mol. The summed E-state index contributed by atoms with van der Waals surface area (Å²) >= 11 is 12.7. The van der Waals surface area contributed by atoms with Crippen molar-refractivity contribution in [2.45, 2.75) is 5.92 Å². The molecule has 0 bridgehead atoms. The van der Waals surface area contributed by atoms with Gasteiger partial charge in [-0.15, -0.1) is 0 Å². The van der Waals surface area contributed by atoms with Gasteiger partial charge in [0.2, 0.25) is 0 Å². The molecule has 0 aliphatic carbocycles. The van der Waals surface area contributed by atoms with E-state index in [2.05, 4.69) is 24.3 Å². The van der Waals surface area contributed by atoms with Crippen LogP contribution in [0.15, 0.2) is 78.9 Å². The van der Waals surface area contributed by atoms with Crippen molar-refractivity contribution < 1.29 is 0 Å². The van der Waals surface area contributed by atoms with E-state index in [-0.39, 0.29) is 5.92 Å². The number of rotatable bonds is 3. The molecule has 0 saturated carbocycles. The van der Waals surface area contributed by atoms with Crippen LogP contribution in [0.25, 0.3) is 0 Å². The summed E-state index contributed by atoms with van der Waals surface area (Å²) in [7, 11) is 0. The van der Waals surface area contributed by atoms with E-state index in [0.29, 0.717) is 10.0 Å². The van der Waals surface area contributed by atoms with Crippen molar-refractivity contribution in [3.05, 3.63) is 106 Å². The fourth-order valence-electron chi connectivity index (χ4n) is 2.59. The SMILES string of the molecule is Clc1cccc(C(c2ccccc2)c2ccccc2)c1Cl. The molecule has 21 heavy (non-hydrogen) atoms. The topological polar surface area (TPSA) is 0 Å². The van der Waals surface area contributed by atoms with E-state index in [1.54, 1.807) is 0 Å². The van der Waals surface area contributed by atoms with Crippen LogP contribution in [-0.2, 0) is 0 Å². The summed E-state index contributed by atoms with van der Waals surface area (Å²) in [6.07, 6.45) is 0.